The van der Waals surface area contributed by atoms with Gasteiger partial charge in [-0.2, -0.15) is 0 Å². The molecule has 1 aliphatic heterocycles. The molecule has 1 heterocycles. The Morgan fingerprint density at radius 1 is 1.47 bits per heavy atom. The molecule has 0 bridgehead atoms. The molecule has 0 atom stereocenters. The molecule has 1 aromatic rings. The summed E-state index contributed by atoms with van der Waals surface area (Å²) in [5.41, 5.74) is 1.55. The predicted molar refractivity (Wildman–Crippen MR) is 63.0 cm³/mol. The van der Waals surface area contributed by atoms with Gasteiger partial charge in [-0.25, -0.2) is 0 Å². The Kier molecular flexibility index (Phi) is 3.15. The fraction of sp³-hybridized carbons (Fsp3) is 0.417. The molecule has 0 unspecified atom stereocenters. The van der Waals surface area contributed by atoms with Crippen LogP contribution in [0.5, 0.6) is 11.5 Å². The highest BCUT2D eigenvalue weighted by atomic mass is 35.5. The number of ether oxygens (including phenoxy) is 2. The van der Waals surface area contributed by atoms with Crippen LogP contribution in [0.1, 0.15) is 30.9 Å². The van der Waals surface area contributed by atoms with Gasteiger partial charge in [0.05, 0.1) is 11.4 Å². The molecule has 2 rings (SSSR count). The van der Waals surface area contributed by atoms with Gasteiger partial charge in [0.25, 0.3) is 0 Å². The van der Waals surface area contributed by atoms with Crippen LogP contribution in [0.3, 0.4) is 0 Å². The maximum absolute atomic E-state index is 10.8. The minimum Gasteiger partial charge on any atom is -0.481 e. The van der Waals surface area contributed by atoms with Crippen LogP contribution in [-0.2, 0) is 11.2 Å². The van der Waals surface area contributed by atoms with E-state index in [2.05, 4.69) is 0 Å². The molecule has 0 radical (unpaired) electrons. The van der Waals surface area contributed by atoms with Gasteiger partial charge in [-0.15, -0.1) is 0 Å². The Labute approximate surface area is 104 Å². The molecule has 4 nitrogen and oxygen atoms in total. The summed E-state index contributed by atoms with van der Waals surface area (Å²) in [7, 11) is 0. The summed E-state index contributed by atoms with van der Waals surface area (Å²) in [4.78, 5) is 10.8. The van der Waals surface area contributed by atoms with E-state index in [0.717, 1.165) is 5.56 Å². The summed E-state index contributed by atoms with van der Waals surface area (Å²) in [5.74, 6) is 0.368. The van der Waals surface area contributed by atoms with Crippen molar-refractivity contribution in [3.8, 4) is 11.5 Å². The van der Waals surface area contributed by atoms with Crippen molar-refractivity contribution in [1.29, 1.82) is 0 Å². The molecule has 5 heteroatoms. The van der Waals surface area contributed by atoms with E-state index >= 15 is 0 Å². The van der Waals surface area contributed by atoms with Crippen molar-refractivity contribution < 1.29 is 19.4 Å². The molecule has 0 spiro atoms. The lowest BCUT2D eigenvalue weighted by Crippen LogP contribution is -2.06. The summed E-state index contributed by atoms with van der Waals surface area (Å²) in [5, 5.41) is 9.30. The third-order valence-corrected chi connectivity index (χ3v) is 2.92. The van der Waals surface area contributed by atoms with Gasteiger partial charge in [-0.3, -0.25) is 4.79 Å². The Balaban J connectivity index is 2.58. The van der Waals surface area contributed by atoms with Crippen LogP contribution in [0.2, 0.25) is 5.02 Å². The zero-order chi connectivity index (χ0) is 12.6. The molecule has 0 fully saturated rings. The molecule has 1 aliphatic rings. The van der Waals surface area contributed by atoms with Crippen molar-refractivity contribution >= 4 is 17.6 Å². The number of rotatable bonds is 3. The monoisotopic (exact) mass is 256 g/mol. The maximum atomic E-state index is 10.8. The average Bonchev–Trinajstić information content (AvgIpc) is 2.64. The number of benzene rings is 1. The lowest BCUT2D eigenvalue weighted by Gasteiger charge is -2.15. The average molecular weight is 257 g/mol. The lowest BCUT2D eigenvalue weighted by molar-refractivity contribution is -0.136. The maximum Gasteiger partial charge on any atom is 0.307 e. The smallest absolute Gasteiger partial charge is 0.307 e. The quantitative estimate of drug-likeness (QED) is 0.904. The van der Waals surface area contributed by atoms with Crippen LogP contribution in [0, 0.1) is 0 Å². The normalized spacial score (nSPS) is 13.2. The van der Waals surface area contributed by atoms with Gasteiger partial charge >= 0.3 is 5.97 Å². The number of aliphatic carboxylic acids is 1. The first-order chi connectivity index (χ1) is 8.00. The Hall–Kier alpha value is -1.42. The third-order valence-electron chi connectivity index (χ3n) is 2.64. The highest BCUT2D eigenvalue weighted by Crippen LogP contribution is 2.46. The Morgan fingerprint density at radius 2 is 2.12 bits per heavy atom. The van der Waals surface area contributed by atoms with Crippen LogP contribution in [0.25, 0.3) is 0 Å². The summed E-state index contributed by atoms with van der Waals surface area (Å²) in [6.07, 6.45) is -0.0656. The predicted octanol–water partition coefficient (Wildman–Crippen LogP) is 2.82. The number of hydrogen-bond acceptors (Lipinski definition) is 3. The lowest BCUT2D eigenvalue weighted by atomic mass is 9.94. The highest BCUT2D eigenvalue weighted by Gasteiger charge is 2.26. The van der Waals surface area contributed by atoms with Crippen LogP contribution < -0.4 is 9.47 Å². The molecule has 0 aromatic heterocycles. The number of halogens is 1. The molecule has 0 amide bonds. The fourth-order valence-electron chi connectivity index (χ4n) is 2.04. The molecular formula is C12H13ClO4. The van der Waals surface area contributed by atoms with Gasteiger partial charge < -0.3 is 14.6 Å². The summed E-state index contributed by atoms with van der Waals surface area (Å²) < 4.78 is 10.7. The Bertz CT molecular complexity index is 468. The fourth-order valence-corrected chi connectivity index (χ4v) is 2.31. The van der Waals surface area contributed by atoms with Crippen LogP contribution in [0.15, 0.2) is 6.07 Å². The largest absolute Gasteiger partial charge is 0.481 e. The summed E-state index contributed by atoms with van der Waals surface area (Å²) >= 11 is 6.04. The van der Waals surface area contributed by atoms with Gasteiger partial charge in [0.1, 0.15) is 0 Å². The molecule has 0 saturated carbocycles. The first-order valence-corrected chi connectivity index (χ1v) is 5.71. The minimum atomic E-state index is -0.887. The van der Waals surface area contributed by atoms with E-state index in [0.29, 0.717) is 22.1 Å². The van der Waals surface area contributed by atoms with E-state index in [1.165, 1.54) is 0 Å². The molecule has 1 aromatic carbocycles. The van der Waals surface area contributed by atoms with E-state index in [4.69, 9.17) is 26.2 Å². The zero-order valence-electron chi connectivity index (χ0n) is 9.62. The topological polar surface area (TPSA) is 55.8 Å². The van der Waals surface area contributed by atoms with E-state index in [1.807, 2.05) is 13.8 Å². The van der Waals surface area contributed by atoms with Crippen LogP contribution >= 0.6 is 11.6 Å². The minimum absolute atomic E-state index is 0.0656. The summed E-state index contributed by atoms with van der Waals surface area (Å²) in [6, 6.07) is 1.65. The molecule has 17 heavy (non-hydrogen) atoms. The van der Waals surface area contributed by atoms with Crippen molar-refractivity contribution in [2.45, 2.75) is 26.2 Å². The van der Waals surface area contributed by atoms with Crippen molar-refractivity contribution in [2.75, 3.05) is 6.79 Å². The second-order valence-electron chi connectivity index (χ2n) is 4.22. The SMILES string of the molecule is CC(C)c1c(CC(=O)O)cc(Cl)c2c1OCO2. The highest BCUT2D eigenvalue weighted by molar-refractivity contribution is 6.32. The standard InChI is InChI=1S/C12H13ClO4/c1-6(2)10-7(4-9(14)15)3-8(13)11-12(10)17-5-16-11/h3,6H,4-5H2,1-2H3,(H,14,15). The number of fused-ring (bicyclic) bond motifs is 1. The van der Waals surface area contributed by atoms with E-state index < -0.39 is 5.97 Å². The van der Waals surface area contributed by atoms with Gasteiger partial charge in [-0.1, -0.05) is 25.4 Å². The third kappa shape index (κ3) is 2.17. The van der Waals surface area contributed by atoms with E-state index in [1.54, 1.807) is 6.07 Å². The molecule has 92 valence electrons. The molecule has 1 N–H and O–H groups in total. The second kappa shape index (κ2) is 4.45. The Morgan fingerprint density at radius 3 is 2.71 bits per heavy atom. The van der Waals surface area contributed by atoms with Crippen molar-refractivity contribution in [1.82, 2.24) is 0 Å². The first-order valence-electron chi connectivity index (χ1n) is 5.33. The van der Waals surface area contributed by atoms with Gasteiger partial charge in [0.2, 0.25) is 6.79 Å². The van der Waals surface area contributed by atoms with Crippen LogP contribution in [0.4, 0.5) is 0 Å². The van der Waals surface area contributed by atoms with Gasteiger partial charge in [0, 0.05) is 5.56 Å². The van der Waals surface area contributed by atoms with Gasteiger partial charge in [-0.05, 0) is 17.5 Å². The second-order valence-corrected chi connectivity index (χ2v) is 4.63. The van der Waals surface area contributed by atoms with Crippen LogP contribution in [-0.4, -0.2) is 17.9 Å². The molecule has 0 saturated heterocycles. The number of carbonyl (C=O) groups is 1. The van der Waals surface area contributed by atoms with Crippen molar-refractivity contribution in [3.05, 3.63) is 22.2 Å². The zero-order valence-corrected chi connectivity index (χ0v) is 10.4. The molecule has 0 aliphatic carbocycles. The van der Waals surface area contributed by atoms with Crippen molar-refractivity contribution in [2.24, 2.45) is 0 Å². The number of hydrogen-bond donors (Lipinski definition) is 1. The summed E-state index contributed by atoms with van der Waals surface area (Å²) in [6.45, 7) is 4.10. The van der Waals surface area contributed by atoms with Gasteiger partial charge in [0.15, 0.2) is 11.5 Å². The number of carboxylic acids is 1. The number of carboxylic acid groups (broad SMARTS) is 1. The van der Waals surface area contributed by atoms with Crippen molar-refractivity contribution in [3.63, 3.8) is 0 Å². The molecular weight excluding hydrogens is 244 g/mol. The van der Waals surface area contributed by atoms with E-state index in [-0.39, 0.29) is 19.1 Å². The first kappa shape index (κ1) is 12.0. The van der Waals surface area contributed by atoms with E-state index in [9.17, 15) is 4.79 Å².